The third-order valence-electron chi connectivity index (χ3n) is 2.84. The van der Waals surface area contributed by atoms with E-state index in [0.29, 0.717) is 29.6 Å². The molecule has 19 heavy (non-hydrogen) atoms. The van der Waals surface area contributed by atoms with Gasteiger partial charge in [0.25, 0.3) is 5.69 Å². The highest BCUT2D eigenvalue weighted by Crippen LogP contribution is 2.23. The van der Waals surface area contributed by atoms with Gasteiger partial charge in [-0.3, -0.25) is 15.1 Å². The number of nitrogens with one attached hydrogen (secondary N) is 2. The van der Waals surface area contributed by atoms with Crippen LogP contribution in [0.4, 0.5) is 5.69 Å². The Labute approximate surface area is 116 Å². The van der Waals surface area contributed by atoms with Crippen LogP contribution in [0.3, 0.4) is 0 Å². The molecule has 1 unspecified atom stereocenters. The van der Waals surface area contributed by atoms with Crippen molar-refractivity contribution in [3.05, 3.63) is 38.9 Å². The average molecular weight is 283 g/mol. The summed E-state index contributed by atoms with van der Waals surface area (Å²) in [5.41, 5.74) is 0.720. The van der Waals surface area contributed by atoms with Crippen molar-refractivity contribution >= 4 is 23.2 Å². The Bertz CT molecular complexity index is 518. The molecule has 0 saturated heterocycles. The highest BCUT2D eigenvalue weighted by molar-refractivity contribution is 6.30. The molecule has 0 amide bonds. The molecule has 0 radical (unpaired) electrons. The van der Waals surface area contributed by atoms with Crippen LogP contribution in [0, 0.1) is 10.1 Å². The van der Waals surface area contributed by atoms with Crippen LogP contribution in [0.2, 0.25) is 5.02 Å². The molecule has 7 heteroatoms. The van der Waals surface area contributed by atoms with Crippen molar-refractivity contribution in [2.45, 2.75) is 19.4 Å². The molecule has 2 rings (SSSR count). The molecule has 0 bridgehead atoms. The van der Waals surface area contributed by atoms with Crippen molar-refractivity contribution < 1.29 is 4.92 Å². The molecule has 0 saturated carbocycles. The molecule has 1 aliphatic rings. The van der Waals surface area contributed by atoms with Gasteiger partial charge >= 0.3 is 0 Å². The van der Waals surface area contributed by atoms with Crippen molar-refractivity contribution in [3.63, 3.8) is 0 Å². The van der Waals surface area contributed by atoms with Crippen LogP contribution in [0.15, 0.2) is 23.2 Å². The van der Waals surface area contributed by atoms with Gasteiger partial charge in [-0.1, -0.05) is 17.7 Å². The normalized spacial score (nSPS) is 17.8. The number of nitrogens with zero attached hydrogens (tertiary/aromatic N) is 2. The van der Waals surface area contributed by atoms with Gasteiger partial charge in [0.05, 0.1) is 11.5 Å². The lowest BCUT2D eigenvalue weighted by Gasteiger charge is -2.09. The van der Waals surface area contributed by atoms with Crippen molar-refractivity contribution in [1.82, 2.24) is 10.6 Å². The van der Waals surface area contributed by atoms with Gasteiger partial charge in [-0.25, -0.2) is 0 Å². The third-order valence-corrected chi connectivity index (χ3v) is 3.07. The van der Waals surface area contributed by atoms with Crippen LogP contribution in [0.1, 0.15) is 12.5 Å². The number of rotatable bonds is 4. The molecule has 6 nitrogen and oxygen atoms in total. The Hall–Kier alpha value is -1.82. The van der Waals surface area contributed by atoms with Crippen molar-refractivity contribution in [2.75, 3.05) is 13.1 Å². The van der Waals surface area contributed by atoms with Crippen LogP contribution in [-0.4, -0.2) is 30.0 Å². The summed E-state index contributed by atoms with van der Waals surface area (Å²) in [4.78, 5) is 14.8. The number of hydrogen-bond donors (Lipinski definition) is 2. The number of aliphatic imine (C=N–C) groups is 1. The lowest BCUT2D eigenvalue weighted by Crippen LogP contribution is -2.38. The Morgan fingerprint density at radius 2 is 2.42 bits per heavy atom. The fraction of sp³-hybridized carbons (Fsp3) is 0.417. The largest absolute Gasteiger partial charge is 0.356 e. The van der Waals surface area contributed by atoms with Gasteiger partial charge in [0.1, 0.15) is 0 Å². The third kappa shape index (κ3) is 3.57. The van der Waals surface area contributed by atoms with Gasteiger partial charge in [-0.05, 0) is 19.4 Å². The highest BCUT2D eigenvalue weighted by atomic mass is 35.5. The summed E-state index contributed by atoms with van der Waals surface area (Å²) in [6.07, 6.45) is 0.544. The molecule has 1 aromatic rings. The van der Waals surface area contributed by atoms with Gasteiger partial charge in [0.2, 0.25) is 0 Å². The van der Waals surface area contributed by atoms with Gasteiger partial charge in [0.15, 0.2) is 5.96 Å². The maximum atomic E-state index is 10.9. The van der Waals surface area contributed by atoms with E-state index in [-0.39, 0.29) is 5.69 Å². The number of halogens is 1. The van der Waals surface area contributed by atoms with E-state index in [9.17, 15) is 10.1 Å². The van der Waals surface area contributed by atoms with Gasteiger partial charge in [-0.2, -0.15) is 0 Å². The molecular weight excluding hydrogens is 268 g/mol. The smallest absolute Gasteiger partial charge is 0.274 e. The molecule has 1 aromatic carbocycles. The summed E-state index contributed by atoms with van der Waals surface area (Å²) in [6, 6.07) is 5.07. The zero-order chi connectivity index (χ0) is 13.8. The standard InChI is InChI=1S/C12H15ClN4O2/c1-8-7-15-12(16-8)14-5-4-9-2-3-10(13)6-11(9)17(18)19/h2-3,6,8H,4-5,7H2,1H3,(H2,14,15,16). The first-order valence-electron chi connectivity index (χ1n) is 6.04. The lowest BCUT2D eigenvalue weighted by molar-refractivity contribution is -0.385. The van der Waals surface area contributed by atoms with Crippen LogP contribution in [0.5, 0.6) is 0 Å². The summed E-state index contributed by atoms with van der Waals surface area (Å²) in [6.45, 7) is 3.38. The van der Waals surface area contributed by atoms with Gasteiger partial charge in [0, 0.05) is 29.2 Å². The van der Waals surface area contributed by atoms with Crippen molar-refractivity contribution in [1.29, 1.82) is 0 Å². The van der Waals surface area contributed by atoms with Gasteiger partial charge in [-0.15, -0.1) is 0 Å². The number of benzene rings is 1. The maximum absolute atomic E-state index is 10.9. The average Bonchev–Trinajstić information content (AvgIpc) is 2.77. The summed E-state index contributed by atoms with van der Waals surface area (Å²) >= 11 is 5.77. The molecule has 0 fully saturated rings. The van der Waals surface area contributed by atoms with Crippen molar-refractivity contribution in [2.24, 2.45) is 4.99 Å². The van der Waals surface area contributed by atoms with E-state index >= 15 is 0 Å². The number of nitro groups is 1. The Balaban J connectivity index is 1.94. The van der Waals surface area contributed by atoms with Crippen LogP contribution in [-0.2, 0) is 6.42 Å². The first-order chi connectivity index (χ1) is 9.06. The maximum Gasteiger partial charge on any atom is 0.274 e. The SMILES string of the molecule is CC1CN=C(NCCc2ccc(Cl)cc2[N+](=O)[O-])N1. The summed E-state index contributed by atoms with van der Waals surface area (Å²) < 4.78 is 0. The quantitative estimate of drug-likeness (QED) is 0.651. The number of guanidine groups is 1. The number of hydrogen-bond acceptors (Lipinski definition) is 5. The summed E-state index contributed by atoms with van der Waals surface area (Å²) in [7, 11) is 0. The van der Waals surface area contributed by atoms with E-state index in [1.165, 1.54) is 6.07 Å². The molecule has 1 atom stereocenters. The zero-order valence-corrected chi connectivity index (χ0v) is 11.3. The van der Waals surface area contributed by atoms with Crippen LogP contribution in [0.25, 0.3) is 0 Å². The first-order valence-corrected chi connectivity index (χ1v) is 6.41. The zero-order valence-electron chi connectivity index (χ0n) is 10.5. The fourth-order valence-corrected chi connectivity index (χ4v) is 2.06. The minimum Gasteiger partial charge on any atom is -0.356 e. The Morgan fingerprint density at radius 3 is 3.05 bits per heavy atom. The lowest BCUT2D eigenvalue weighted by atomic mass is 10.1. The monoisotopic (exact) mass is 282 g/mol. The van der Waals surface area contributed by atoms with E-state index in [1.54, 1.807) is 12.1 Å². The first kappa shape index (κ1) is 13.6. The van der Waals surface area contributed by atoms with E-state index in [0.717, 1.165) is 12.5 Å². The topological polar surface area (TPSA) is 79.6 Å². The molecule has 2 N–H and O–H groups in total. The fourth-order valence-electron chi connectivity index (χ4n) is 1.89. The van der Waals surface area contributed by atoms with E-state index < -0.39 is 4.92 Å². The molecular formula is C12H15ClN4O2. The molecule has 102 valence electrons. The van der Waals surface area contributed by atoms with Crippen molar-refractivity contribution in [3.8, 4) is 0 Å². The second kappa shape index (κ2) is 5.88. The molecule has 1 heterocycles. The minimum atomic E-state index is -0.408. The molecule has 0 aromatic heterocycles. The van der Waals surface area contributed by atoms with E-state index in [1.807, 2.05) is 6.92 Å². The molecule has 0 spiro atoms. The molecule has 0 aliphatic carbocycles. The summed E-state index contributed by atoms with van der Waals surface area (Å²) in [5.74, 6) is 0.754. The second-order valence-corrected chi connectivity index (χ2v) is 4.88. The second-order valence-electron chi connectivity index (χ2n) is 4.44. The van der Waals surface area contributed by atoms with E-state index in [4.69, 9.17) is 11.6 Å². The predicted octanol–water partition coefficient (Wildman–Crippen LogP) is 1.73. The van der Waals surface area contributed by atoms with Crippen LogP contribution >= 0.6 is 11.6 Å². The predicted molar refractivity (Wildman–Crippen MR) is 74.7 cm³/mol. The van der Waals surface area contributed by atoms with Crippen LogP contribution < -0.4 is 10.6 Å². The summed E-state index contributed by atoms with van der Waals surface area (Å²) in [5, 5.41) is 17.6. The Kier molecular flexibility index (Phi) is 4.21. The number of nitro benzene ring substituents is 1. The Morgan fingerprint density at radius 1 is 1.63 bits per heavy atom. The highest BCUT2D eigenvalue weighted by Gasteiger charge is 2.15. The molecule has 1 aliphatic heterocycles. The van der Waals surface area contributed by atoms with E-state index in [2.05, 4.69) is 15.6 Å². The van der Waals surface area contributed by atoms with Gasteiger partial charge < -0.3 is 10.6 Å². The minimum absolute atomic E-state index is 0.0592.